The summed E-state index contributed by atoms with van der Waals surface area (Å²) in [4.78, 5) is 16.7. The Morgan fingerprint density at radius 3 is 2.81 bits per heavy atom. The molecular weight excluding hydrogens is 284 g/mol. The van der Waals surface area contributed by atoms with Crippen molar-refractivity contribution in [1.82, 2.24) is 4.98 Å². The first-order valence-electron chi connectivity index (χ1n) is 6.49. The highest BCUT2D eigenvalue weighted by atomic mass is 32.1. The maximum Gasteiger partial charge on any atom is 0.257 e. The fraction of sp³-hybridized carbons (Fsp3) is 0.125. The number of ether oxygens (including phenoxy) is 1. The predicted molar refractivity (Wildman–Crippen MR) is 85.3 cm³/mol. The molecule has 0 unspecified atom stereocenters. The maximum absolute atomic E-state index is 12.3. The van der Waals surface area contributed by atoms with E-state index in [4.69, 9.17) is 4.74 Å². The van der Waals surface area contributed by atoms with Crippen molar-refractivity contribution < 1.29 is 9.53 Å². The minimum atomic E-state index is -0.140. The number of aromatic nitrogens is 1. The van der Waals surface area contributed by atoms with Gasteiger partial charge in [0.25, 0.3) is 5.91 Å². The molecule has 0 radical (unpaired) electrons. The van der Waals surface area contributed by atoms with Crippen molar-refractivity contribution in [2.75, 3.05) is 12.4 Å². The smallest absolute Gasteiger partial charge is 0.257 e. The van der Waals surface area contributed by atoms with Gasteiger partial charge in [0.15, 0.2) is 5.13 Å². The van der Waals surface area contributed by atoms with Crippen LogP contribution in [0.2, 0.25) is 0 Å². The lowest BCUT2D eigenvalue weighted by molar-refractivity contribution is 0.102. The van der Waals surface area contributed by atoms with Gasteiger partial charge in [-0.1, -0.05) is 29.5 Å². The van der Waals surface area contributed by atoms with Crippen LogP contribution in [0.15, 0.2) is 42.5 Å². The molecule has 0 bridgehead atoms. The Morgan fingerprint density at radius 1 is 1.24 bits per heavy atom. The number of thiazole rings is 1. The van der Waals surface area contributed by atoms with E-state index in [9.17, 15) is 4.79 Å². The molecule has 0 fully saturated rings. The van der Waals surface area contributed by atoms with Crippen molar-refractivity contribution >= 4 is 32.6 Å². The van der Waals surface area contributed by atoms with Gasteiger partial charge in [0, 0.05) is 5.56 Å². The van der Waals surface area contributed by atoms with Gasteiger partial charge in [0.1, 0.15) is 5.75 Å². The Morgan fingerprint density at radius 2 is 2.05 bits per heavy atom. The highest BCUT2D eigenvalue weighted by molar-refractivity contribution is 7.22. The van der Waals surface area contributed by atoms with Gasteiger partial charge in [0.2, 0.25) is 0 Å². The molecule has 0 spiro atoms. The molecule has 3 rings (SSSR count). The van der Waals surface area contributed by atoms with Gasteiger partial charge >= 0.3 is 0 Å². The monoisotopic (exact) mass is 298 g/mol. The molecule has 1 N–H and O–H groups in total. The largest absolute Gasteiger partial charge is 0.497 e. The van der Waals surface area contributed by atoms with Crippen LogP contribution in [0.4, 0.5) is 5.13 Å². The molecule has 3 aromatic rings. The molecule has 2 aromatic carbocycles. The van der Waals surface area contributed by atoms with Crippen LogP contribution in [0, 0.1) is 6.92 Å². The van der Waals surface area contributed by atoms with Gasteiger partial charge < -0.3 is 4.74 Å². The Balaban J connectivity index is 1.88. The van der Waals surface area contributed by atoms with Crippen LogP contribution < -0.4 is 10.1 Å². The lowest BCUT2D eigenvalue weighted by atomic mass is 10.1. The fourth-order valence-corrected chi connectivity index (χ4v) is 2.97. The lowest BCUT2D eigenvalue weighted by Crippen LogP contribution is -2.12. The summed E-state index contributed by atoms with van der Waals surface area (Å²) in [5.74, 6) is 0.641. The molecule has 0 aliphatic heterocycles. The number of hydrogen-bond donors (Lipinski definition) is 1. The number of carbonyl (C=O) groups excluding carboxylic acids is 1. The molecule has 0 aliphatic carbocycles. The van der Waals surface area contributed by atoms with E-state index < -0.39 is 0 Å². The average Bonchev–Trinajstić information content (AvgIpc) is 2.88. The number of benzene rings is 2. The molecule has 1 heterocycles. The average molecular weight is 298 g/mol. The third-order valence-electron chi connectivity index (χ3n) is 3.21. The zero-order chi connectivity index (χ0) is 14.8. The number of aryl methyl sites for hydroxylation is 1. The number of rotatable bonds is 3. The first-order valence-corrected chi connectivity index (χ1v) is 7.30. The normalized spacial score (nSPS) is 10.6. The lowest BCUT2D eigenvalue weighted by Gasteiger charge is -2.04. The van der Waals surface area contributed by atoms with Gasteiger partial charge in [-0.15, -0.1) is 0 Å². The molecule has 0 saturated heterocycles. The maximum atomic E-state index is 12.3. The summed E-state index contributed by atoms with van der Waals surface area (Å²) in [6.45, 7) is 1.91. The van der Waals surface area contributed by atoms with E-state index in [1.165, 1.54) is 11.3 Å². The van der Waals surface area contributed by atoms with Crippen LogP contribution >= 0.6 is 11.3 Å². The second kappa shape index (κ2) is 5.54. The van der Waals surface area contributed by atoms with Crippen LogP contribution in [0.5, 0.6) is 5.75 Å². The number of anilines is 1. The molecule has 0 aliphatic rings. The zero-order valence-electron chi connectivity index (χ0n) is 11.7. The first-order chi connectivity index (χ1) is 10.2. The van der Waals surface area contributed by atoms with Gasteiger partial charge in [-0.2, -0.15) is 0 Å². The summed E-state index contributed by atoms with van der Waals surface area (Å²) in [6, 6.07) is 13.1. The van der Waals surface area contributed by atoms with Gasteiger partial charge in [-0.3, -0.25) is 10.1 Å². The second-order valence-electron chi connectivity index (χ2n) is 4.62. The molecule has 5 heteroatoms. The number of hydrogen-bond acceptors (Lipinski definition) is 4. The minimum absolute atomic E-state index is 0.140. The van der Waals surface area contributed by atoms with E-state index in [2.05, 4.69) is 10.3 Å². The summed E-state index contributed by atoms with van der Waals surface area (Å²) in [5, 5.41) is 3.44. The highest BCUT2D eigenvalue weighted by Crippen LogP contribution is 2.29. The van der Waals surface area contributed by atoms with E-state index in [1.807, 2.05) is 43.3 Å². The first kappa shape index (κ1) is 13.6. The molecule has 1 amide bonds. The minimum Gasteiger partial charge on any atom is -0.497 e. The quantitative estimate of drug-likeness (QED) is 0.798. The Labute approximate surface area is 126 Å². The van der Waals surface area contributed by atoms with Crippen LogP contribution in [0.25, 0.3) is 10.2 Å². The second-order valence-corrected chi connectivity index (χ2v) is 5.65. The number of fused-ring (bicyclic) bond motifs is 1. The van der Waals surface area contributed by atoms with E-state index in [0.29, 0.717) is 10.7 Å². The highest BCUT2D eigenvalue weighted by Gasteiger charge is 2.11. The molecule has 1 aromatic heterocycles. The number of nitrogens with zero attached hydrogens (tertiary/aromatic N) is 1. The van der Waals surface area contributed by atoms with Crippen molar-refractivity contribution in [3.05, 3.63) is 53.6 Å². The summed E-state index contributed by atoms with van der Waals surface area (Å²) in [5.41, 5.74) is 2.45. The van der Waals surface area contributed by atoms with Crippen molar-refractivity contribution in [3.8, 4) is 5.75 Å². The summed E-state index contributed by atoms with van der Waals surface area (Å²) < 4.78 is 6.17. The molecule has 4 nitrogen and oxygen atoms in total. The number of nitrogens with one attached hydrogen (secondary N) is 1. The standard InChI is InChI=1S/C16H14N2O2S/c1-10-5-3-4-6-12(10)15(19)18-16-17-13-8-7-11(20-2)9-14(13)21-16/h3-9H,1-2H3,(H,17,18,19). The number of methoxy groups -OCH3 is 1. The molecule has 106 valence electrons. The van der Waals surface area contributed by atoms with E-state index in [0.717, 1.165) is 21.5 Å². The van der Waals surface area contributed by atoms with E-state index in [1.54, 1.807) is 13.2 Å². The van der Waals surface area contributed by atoms with Crippen molar-refractivity contribution in [1.29, 1.82) is 0 Å². The third kappa shape index (κ3) is 2.73. The van der Waals surface area contributed by atoms with Crippen LogP contribution in [-0.2, 0) is 0 Å². The van der Waals surface area contributed by atoms with E-state index in [-0.39, 0.29) is 5.91 Å². The summed E-state index contributed by atoms with van der Waals surface area (Å²) in [6.07, 6.45) is 0. The van der Waals surface area contributed by atoms with Crippen LogP contribution in [-0.4, -0.2) is 18.0 Å². The summed E-state index contributed by atoms with van der Waals surface area (Å²) in [7, 11) is 1.63. The topological polar surface area (TPSA) is 51.2 Å². The fourth-order valence-electron chi connectivity index (χ4n) is 2.08. The molecule has 21 heavy (non-hydrogen) atoms. The van der Waals surface area contributed by atoms with Crippen molar-refractivity contribution in [2.45, 2.75) is 6.92 Å². The van der Waals surface area contributed by atoms with Gasteiger partial charge in [0.05, 0.1) is 17.3 Å². The van der Waals surface area contributed by atoms with Crippen molar-refractivity contribution in [3.63, 3.8) is 0 Å². The Hall–Kier alpha value is -2.40. The molecule has 0 saturated carbocycles. The number of amides is 1. The van der Waals surface area contributed by atoms with Gasteiger partial charge in [-0.25, -0.2) is 4.98 Å². The predicted octanol–water partition coefficient (Wildman–Crippen LogP) is 3.87. The summed E-state index contributed by atoms with van der Waals surface area (Å²) >= 11 is 1.43. The third-order valence-corrected chi connectivity index (χ3v) is 4.14. The number of carbonyl (C=O) groups is 1. The zero-order valence-corrected chi connectivity index (χ0v) is 12.5. The SMILES string of the molecule is COc1ccc2nc(NC(=O)c3ccccc3C)sc2c1. The van der Waals surface area contributed by atoms with E-state index >= 15 is 0 Å². The van der Waals surface area contributed by atoms with Crippen molar-refractivity contribution in [2.24, 2.45) is 0 Å². The molecular formula is C16H14N2O2S. The Kier molecular flexibility index (Phi) is 3.58. The molecule has 0 atom stereocenters. The van der Waals surface area contributed by atoms with Crippen LogP contribution in [0.3, 0.4) is 0 Å². The van der Waals surface area contributed by atoms with Crippen LogP contribution in [0.1, 0.15) is 15.9 Å². The Bertz CT molecular complexity index is 811. The van der Waals surface area contributed by atoms with Gasteiger partial charge in [-0.05, 0) is 36.8 Å².